The molecule has 0 atom stereocenters. The van der Waals surface area contributed by atoms with Crippen LogP contribution in [-0.2, 0) is 0 Å². The Labute approximate surface area is 186 Å². The number of hydrogen-bond donors (Lipinski definition) is 0. The van der Waals surface area contributed by atoms with Crippen molar-refractivity contribution in [2.45, 2.75) is 26.7 Å². The van der Waals surface area contributed by atoms with Crippen LogP contribution in [0.1, 0.15) is 37.0 Å². The molecule has 0 aliphatic carbocycles. The molecule has 7 nitrogen and oxygen atoms in total. The fourth-order valence-corrected chi connectivity index (χ4v) is 4.42. The van der Waals surface area contributed by atoms with Gasteiger partial charge < -0.3 is 19.3 Å². The van der Waals surface area contributed by atoms with E-state index in [0.717, 1.165) is 42.0 Å². The van der Waals surface area contributed by atoms with Crippen LogP contribution in [0, 0.1) is 0 Å². The fraction of sp³-hybridized carbons (Fsp3) is 0.435. The van der Waals surface area contributed by atoms with Crippen LogP contribution in [0.3, 0.4) is 0 Å². The maximum atomic E-state index is 13.1. The van der Waals surface area contributed by atoms with Crippen LogP contribution in [-0.4, -0.2) is 60.2 Å². The first-order chi connectivity index (χ1) is 15.2. The van der Waals surface area contributed by atoms with Gasteiger partial charge in [-0.3, -0.25) is 4.79 Å². The number of amides is 1. The molecule has 0 N–H and O–H groups in total. The van der Waals surface area contributed by atoms with E-state index in [4.69, 9.17) is 9.47 Å². The first kappa shape index (κ1) is 21.4. The van der Waals surface area contributed by atoms with E-state index in [2.05, 4.69) is 27.9 Å². The Bertz CT molecular complexity index is 1030. The zero-order valence-electron chi connectivity index (χ0n) is 18.0. The lowest BCUT2D eigenvalue weighted by Crippen LogP contribution is -2.49. The Balaban J connectivity index is 1.43. The molecule has 4 rings (SSSR count). The molecular weight excluding hydrogens is 412 g/mol. The first-order valence-corrected chi connectivity index (χ1v) is 11.7. The molecule has 164 valence electrons. The molecule has 0 saturated carbocycles. The first-order valence-electron chi connectivity index (χ1n) is 10.8. The molecule has 3 heterocycles. The van der Waals surface area contributed by atoms with Crippen molar-refractivity contribution in [1.82, 2.24) is 14.9 Å². The number of anilines is 1. The highest BCUT2D eigenvalue weighted by atomic mass is 32.1. The Hall–Kier alpha value is -2.87. The van der Waals surface area contributed by atoms with Gasteiger partial charge in [0.2, 0.25) is 0 Å². The highest BCUT2D eigenvalue weighted by Gasteiger charge is 2.25. The van der Waals surface area contributed by atoms with Gasteiger partial charge in [0, 0.05) is 31.7 Å². The van der Waals surface area contributed by atoms with E-state index in [1.807, 2.05) is 29.3 Å². The highest BCUT2D eigenvalue weighted by molar-refractivity contribution is 7.16. The Morgan fingerprint density at radius 3 is 2.68 bits per heavy atom. The Morgan fingerprint density at radius 2 is 1.90 bits per heavy atom. The summed E-state index contributed by atoms with van der Waals surface area (Å²) in [6, 6.07) is 7.54. The molecule has 1 aliphatic heterocycles. The number of unbranched alkanes of at least 4 members (excludes halogenated alkanes) is 1. The number of rotatable bonds is 8. The third-order valence-corrected chi connectivity index (χ3v) is 6.17. The van der Waals surface area contributed by atoms with Gasteiger partial charge in [-0.2, -0.15) is 0 Å². The van der Waals surface area contributed by atoms with E-state index in [0.29, 0.717) is 43.4 Å². The summed E-state index contributed by atoms with van der Waals surface area (Å²) in [6.07, 6.45) is 3.67. The van der Waals surface area contributed by atoms with E-state index in [9.17, 15) is 4.79 Å². The molecule has 0 bridgehead atoms. The summed E-state index contributed by atoms with van der Waals surface area (Å²) < 4.78 is 11.6. The van der Waals surface area contributed by atoms with Crippen molar-refractivity contribution in [3.8, 4) is 11.5 Å². The number of carbonyl (C=O) groups excluding carboxylic acids is 1. The van der Waals surface area contributed by atoms with Crippen LogP contribution in [0.2, 0.25) is 0 Å². The van der Waals surface area contributed by atoms with Crippen LogP contribution >= 0.6 is 11.3 Å². The van der Waals surface area contributed by atoms with E-state index in [1.54, 1.807) is 23.7 Å². The molecular formula is C23H28N4O3S. The molecule has 3 aromatic rings. The minimum absolute atomic E-state index is 0.0177. The number of hydrogen-bond acceptors (Lipinski definition) is 7. The summed E-state index contributed by atoms with van der Waals surface area (Å²) >= 11 is 1.62. The average molecular weight is 441 g/mol. The zero-order chi connectivity index (χ0) is 21.6. The molecule has 31 heavy (non-hydrogen) atoms. The summed E-state index contributed by atoms with van der Waals surface area (Å²) in [5.74, 6) is 2.29. The van der Waals surface area contributed by atoms with Crippen molar-refractivity contribution < 1.29 is 14.3 Å². The lowest BCUT2D eigenvalue weighted by molar-refractivity contribution is 0.0746. The van der Waals surface area contributed by atoms with Crippen LogP contribution < -0.4 is 14.4 Å². The molecule has 1 aliphatic rings. The Kier molecular flexibility index (Phi) is 6.86. The molecule has 1 amide bonds. The number of carbonyl (C=O) groups is 1. The fourth-order valence-electron chi connectivity index (χ4n) is 3.69. The molecule has 8 heteroatoms. The second-order valence-electron chi connectivity index (χ2n) is 7.41. The van der Waals surface area contributed by atoms with E-state index in [-0.39, 0.29) is 5.91 Å². The molecule has 1 saturated heterocycles. The topological polar surface area (TPSA) is 67.8 Å². The van der Waals surface area contributed by atoms with Crippen molar-refractivity contribution >= 4 is 33.3 Å². The lowest BCUT2D eigenvalue weighted by atomic mass is 10.1. The second-order valence-corrected chi connectivity index (χ2v) is 8.31. The summed E-state index contributed by atoms with van der Waals surface area (Å²) in [5.41, 5.74) is 0.627. The summed E-state index contributed by atoms with van der Waals surface area (Å²) in [5, 5.41) is 3.11. The normalized spacial score (nSPS) is 14.1. The third-order valence-electron chi connectivity index (χ3n) is 5.35. The number of thiophene rings is 1. The lowest BCUT2D eigenvalue weighted by Gasteiger charge is -2.35. The van der Waals surface area contributed by atoms with Crippen LogP contribution in [0.5, 0.6) is 11.5 Å². The predicted molar refractivity (Wildman–Crippen MR) is 124 cm³/mol. The Morgan fingerprint density at radius 1 is 1.06 bits per heavy atom. The number of fused-ring (bicyclic) bond motifs is 1. The predicted octanol–water partition coefficient (Wildman–Crippen LogP) is 4.23. The van der Waals surface area contributed by atoms with E-state index in [1.165, 1.54) is 0 Å². The third kappa shape index (κ3) is 4.74. The molecule has 1 fully saturated rings. The van der Waals surface area contributed by atoms with E-state index >= 15 is 0 Å². The van der Waals surface area contributed by atoms with Crippen molar-refractivity contribution in [2.75, 3.05) is 44.3 Å². The van der Waals surface area contributed by atoms with E-state index < -0.39 is 0 Å². The second kappa shape index (κ2) is 9.96. The van der Waals surface area contributed by atoms with Crippen LogP contribution in [0.15, 0.2) is 36.0 Å². The average Bonchev–Trinajstić information content (AvgIpc) is 3.29. The monoisotopic (exact) mass is 440 g/mol. The van der Waals surface area contributed by atoms with Crippen molar-refractivity contribution in [3.05, 3.63) is 41.5 Å². The highest BCUT2D eigenvalue weighted by Crippen LogP contribution is 2.30. The number of piperazine rings is 1. The summed E-state index contributed by atoms with van der Waals surface area (Å²) in [4.78, 5) is 27.1. The molecule has 0 spiro atoms. The minimum Gasteiger partial charge on any atom is -0.490 e. The standard InChI is InChI=1S/C23H28N4O3S/c1-3-5-13-30-19-7-6-17(15-20(19)29-4-2)23(28)27-11-9-26(10-12-27)21-18-8-14-31-22(18)25-16-24-21/h6-8,14-16H,3-5,9-13H2,1-2H3. The molecule has 0 radical (unpaired) electrons. The quantitative estimate of drug-likeness (QED) is 0.488. The molecule has 0 unspecified atom stereocenters. The van der Waals surface area contributed by atoms with Crippen LogP contribution in [0.25, 0.3) is 10.2 Å². The van der Waals surface area contributed by atoms with Crippen molar-refractivity contribution in [2.24, 2.45) is 0 Å². The van der Waals surface area contributed by atoms with Gasteiger partial charge in [0.1, 0.15) is 17.0 Å². The van der Waals surface area contributed by atoms with Gasteiger partial charge in [-0.15, -0.1) is 11.3 Å². The SMILES string of the molecule is CCCCOc1ccc(C(=O)N2CCN(c3ncnc4sccc34)CC2)cc1OCC. The van der Waals surface area contributed by atoms with Gasteiger partial charge in [-0.25, -0.2) is 9.97 Å². The number of aromatic nitrogens is 2. The van der Waals surface area contributed by atoms with Gasteiger partial charge in [-0.1, -0.05) is 13.3 Å². The zero-order valence-corrected chi connectivity index (χ0v) is 18.9. The molecule has 1 aromatic carbocycles. The maximum absolute atomic E-state index is 13.1. The van der Waals surface area contributed by atoms with Gasteiger partial charge in [-0.05, 0) is 43.0 Å². The van der Waals surface area contributed by atoms with Crippen molar-refractivity contribution in [3.63, 3.8) is 0 Å². The van der Waals surface area contributed by atoms with Gasteiger partial charge in [0.15, 0.2) is 11.5 Å². The van der Waals surface area contributed by atoms with Crippen LogP contribution in [0.4, 0.5) is 5.82 Å². The number of benzene rings is 1. The summed E-state index contributed by atoms with van der Waals surface area (Å²) in [7, 11) is 0. The largest absolute Gasteiger partial charge is 0.490 e. The summed E-state index contributed by atoms with van der Waals surface area (Å²) in [6.45, 7) is 8.00. The number of nitrogens with zero attached hydrogens (tertiary/aromatic N) is 4. The smallest absolute Gasteiger partial charge is 0.254 e. The molecule has 2 aromatic heterocycles. The number of ether oxygens (including phenoxy) is 2. The van der Waals surface area contributed by atoms with Crippen molar-refractivity contribution in [1.29, 1.82) is 0 Å². The van der Waals surface area contributed by atoms with Gasteiger partial charge in [0.25, 0.3) is 5.91 Å². The minimum atomic E-state index is 0.0177. The van der Waals surface area contributed by atoms with Gasteiger partial charge in [0.05, 0.1) is 18.6 Å². The van der Waals surface area contributed by atoms with Gasteiger partial charge >= 0.3 is 0 Å². The maximum Gasteiger partial charge on any atom is 0.254 e.